The van der Waals surface area contributed by atoms with Crippen molar-refractivity contribution < 1.29 is 9.84 Å². The van der Waals surface area contributed by atoms with Crippen molar-refractivity contribution in [3.63, 3.8) is 0 Å². The van der Waals surface area contributed by atoms with E-state index in [2.05, 4.69) is 10.4 Å². The predicted molar refractivity (Wildman–Crippen MR) is 109 cm³/mol. The molecule has 5 nitrogen and oxygen atoms in total. The maximum atomic E-state index is 10.6. The van der Waals surface area contributed by atoms with Crippen molar-refractivity contribution in [3.8, 4) is 11.6 Å². The topological polar surface area (TPSA) is 58.8 Å². The van der Waals surface area contributed by atoms with Crippen LogP contribution in [0, 0.1) is 3.95 Å². The van der Waals surface area contributed by atoms with Crippen LogP contribution in [-0.2, 0) is 0 Å². The van der Waals surface area contributed by atoms with E-state index in [-0.39, 0.29) is 5.88 Å². The maximum Gasteiger partial charge on any atom is 0.230 e. The van der Waals surface area contributed by atoms with Crippen LogP contribution in [0.5, 0.6) is 11.6 Å². The Morgan fingerprint density at radius 3 is 2.81 bits per heavy atom. The number of para-hydroxylation sites is 1. The van der Waals surface area contributed by atoms with Gasteiger partial charge in [-0.1, -0.05) is 29.5 Å². The number of aromatic nitrogens is 1. The first-order valence-corrected chi connectivity index (χ1v) is 9.09. The Morgan fingerprint density at radius 1 is 1.23 bits per heavy atom. The molecular weight excluding hydrogens is 366 g/mol. The summed E-state index contributed by atoms with van der Waals surface area (Å²) in [5, 5.41) is 10.6. The third-order valence-corrected chi connectivity index (χ3v) is 5.28. The van der Waals surface area contributed by atoms with Gasteiger partial charge in [0, 0.05) is 17.4 Å². The van der Waals surface area contributed by atoms with Gasteiger partial charge in [-0.05, 0) is 48.6 Å². The normalized spacial score (nSPS) is 13.8. The number of thiazole rings is 1. The van der Waals surface area contributed by atoms with Crippen LogP contribution in [-0.4, -0.2) is 23.1 Å². The molecule has 0 saturated heterocycles. The molecule has 0 spiro atoms. The van der Waals surface area contributed by atoms with E-state index < -0.39 is 0 Å². The number of aromatic hydroxyl groups is 1. The van der Waals surface area contributed by atoms with E-state index in [1.165, 1.54) is 16.0 Å². The van der Waals surface area contributed by atoms with Gasteiger partial charge in [0.1, 0.15) is 5.75 Å². The zero-order chi connectivity index (χ0) is 18.1. The third kappa shape index (κ3) is 3.02. The van der Waals surface area contributed by atoms with Crippen molar-refractivity contribution in [2.45, 2.75) is 0 Å². The second-order valence-electron chi connectivity index (χ2n) is 5.61. The number of hydrogen-bond acceptors (Lipinski definition) is 6. The molecule has 1 aliphatic heterocycles. The van der Waals surface area contributed by atoms with Crippen molar-refractivity contribution in [1.82, 2.24) is 4.68 Å². The lowest BCUT2D eigenvalue weighted by atomic mass is 10.1. The molecule has 1 aromatic heterocycles. The number of methoxy groups -OCH3 is 1. The third-order valence-electron chi connectivity index (χ3n) is 3.97. The lowest BCUT2D eigenvalue weighted by molar-refractivity contribution is 0.415. The standard InChI is InChI=1S/C19H15N3O2S2/c1-24-14-7-8-16-15(10-14)12(11-20-16)9-17-18(23)22(19(25)26-17)21-13-5-3-2-4-6-13/h2-11,21,23H,1H3/b12-9-. The molecule has 0 atom stereocenters. The van der Waals surface area contributed by atoms with Crippen molar-refractivity contribution >= 4 is 52.8 Å². The summed E-state index contributed by atoms with van der Waals surface area (Å²) < 4.78 is 7.32. The summed E-state index contributed by atoms with van der Waals surface area (Å²) in [6.45, 7) is 0. The van der Waals surface area contributed by atoms with Gasteiger partial charge < -0.3 is 9.84 Å². The van der Waals surface area contributed by atoms with Crippen LogP contribution < -0.4 is 10.2 Å². The minimum Gasteiger partial charge on any atom is -0.497 e. The Hall–Kier alpha value is -2.90. The monoisotopic (exact) mass is 381 g/mol. The molecular formula is C19H15N3O2S2. The van der Waals surface area contributed by atoms with E-state index >= 15 is 0 Å². The quantitative estimate of drug-likeness (QED) is 0.616. The van der Waals surface area contributed by atoms with Crippen molar-refractivity contribution in [3.05, 3.63) is 62.9 Å². The minimum atomic E-state index is 0.0705. The van der Waals surface area contributed by atoms with Crippen LogP contribution in [0.15, 0.2) is 53.5 Å². The van der Waals surface area contributed by atoms with Crippen molar-refractivity contribution in [2.24, 2.45) is 4.99 Å². The maximum absolute atomic E-state index is 10.6. The molecule has 0 fully saturated rings. The number of ether oxygens (including phenoxy) is 1. The fourth-order valence-electron chi connectivity index (χ4n) is 2.67. The number of rotatable bonds is 4. The summed E-state index contributed by atoms with van der Waals surface area (Å²) in [5.74, 6) is 0.835. The van der Waals surface area contributed by atoms with Crippen molar-refractivity contribution in [1.29, 1.82) is 0 Å². The summed E-state index contributed by atoms with van der Waals surface area (Å²) in [4.78, 5) is 5.07. The highest BCUT2D eigenvalue weighted by atomic mass is 32.1. The van der Waals surface area contributed by atoms with Crippen LogP contribution in [0.1, 0.15) is 10.4 Å². The molecule has 0 bridgehead atoms. The molecule has 0 aliphatic carbocycles. The lowest BCUT2D eigenvalue weighted by Gasteiger charge is -2.08. The van der Waals surface area contributed by atoms with E-state index in [1.54, 1.807) is 13.3 Å². The number of benzene rings is 2. The Morgan fingerprint density at radius 2 is 2.04 bits per heavy atom. The molecule has 4 rings (SSSR count). The zero-order valence-corrected chi connectivity index (χ0v) is 15.5. The summed E-state index contributed by atoms with van der Waals surface area (Å²) in [6, 6.07) is 15.3. The first-order valence-electron chi connectivity index (χ1n) is 7.87. The van der Waals surface area contributed by atoms with Gasteiger partial charge >= 0.3 is 0 Å². The Balaban J connectivity index is 1.71. The summed E-state index contributed by atoms with van der Waals surface area (Å²) in [7, 11) is 1.63. The Bertz CT molecular complexity index is 1080. The molecule has 7 heteroatoms. The first kappa shape index (κ1) is 16.6. The largest absolute Gasteiger partial charge is 0.497 e. The van der Waals surface area contributed by atoms with Gasteiger partial charge in [0.05, 0.1) is 23.4 Å². The fourth-order valence-corrected chi connectivity index (χ4v) is 3.85. The predicted octanol–water partition coefficient (Wildman–Crippen LogP) is 5.12. The van der Waals surface area contributed by atoms with Gasteiger partial charge in [0.15, 0.2) is 3.95 Å². The number of anilines is 1. The number of hydrogen-bond donors (Lipinski definition) is 2. The average Bonchev–Trinajstić information content (AvgIpc) is 3.18. The van der Waals surface area contributed by atoms with Gasteiger partial charge in [-0.2, -0.15) is 0 Å². The molecule has 0 amide bonds. The van der Waals surface area contributed by atoms with Crippen molar-refractivity contribution in [2.75, 3.05) is 12.5 Å². The van der Waals surface area contributed by atoms with Gasteiger partial charge in [0.2, 0.25) is 5.88 Å². The molecule has 0 radical (unpaired) electrons. The van der Waals surface area contributed by atoms with Gasteiger partial charge in [-0.25, -0.2) is 4.68 Å². The van der Waals surface area contributed by atoms with Crippen LogP contribution in [0.2, 0.25) is 0 Å². The molecule has 130 valence electrons. The van der Waals surface area contributed by atoms with Crippen LogP contribution in [0.25, 0.3) is 11.6 Å². The number of nitrogens with zero attached hydrogens (tertiary/aromatic N) is 2. The van der Waals surface area contributed by atoms with Gasteiger partial charge in [-0.15, -0.1) is 0 Å². The summed E-state index contributed by atoms with van der Waals surface area (Å²) in [5.41, 5.74) is 6.69. The van der Waals surface area contributed by atoms with Gasteiger partial charge in [0.25, 0.3) is 0 Å². The Kier molecular flexibility index (Phi) is 4.32. The summed E-state index contributed by atoms with van der Waals surface area (Å²) >= 11 is 6.72. The number of aliphatic imine (C=N–C) groups is 1. The van der Waals surface area contributed by atoms with E-state index in [1.807, 2.05) is 54.6 Å². The molecule has 0 unspecified atom stereocenters. The highest BCUT2D eigenvalue weighted by Crippen LogP contribution is 2.37. The molecule has 2 heterocycles. The van der Waals surface area contributed by atoms with Crippen LogP contribution in [0.3, 0.4) is 0 Å². The molecule has 3 aromatic rings. The lowest BCUT2D eigenvalue weighted by Crippen LogP contribution is -2.07. The van der Waals surface area contributed by atoms with Crippen LogP contribution in [0.4, 0.5) is 11.4 Å². The van der Waals surface area contributed by atoms with E-state index in [0.717, 1.165) is 28.3 Å². The van der Waals surface area contributed by atoms with E-state index in [4.69, 9.17) is 17.0 Å². The Labute approximate surface area is 159 Å². The van der Waals surface area contributed by atoms with E-state index in [0.29, 0.717) is 8.83 Å². The number of nitrogens with one attached hydrogen (secondary N) is 1. The van der Waals surface area contributed by atoms with Crippen LogP contribution >= 0.6 is 23.6 Å². The average molecular weight is 381 g/mol. The highest BCUT2D eigenvalue weighted by Gasteiger charge is 2.16. The van der Waals surface area contributed by atoms with Gasteiger partial charge in [-0.3, -0.25) is 10.4 Å². The minimum absolute atomic E-state index is 0.0705. The second-order valence-corrected chi connectivity index (χ2v) is 7.29. The molecule has 1 aliphatic rings. The molecule has 2 N–H and O–H groups in total. The first-order chi connectivity index (χ1) is 12.7. The summed E-state index contributed by atoms with van der Waals surface area (Å²) in [6.07, 6.45) is 3.66. The fraction of sp³-hybridized carbons (Fsp3) is 0.0526. The molecule has 26 heavy (non-hydrogen) atoms. The molecule has 0 saturated carbocycles. The SMILES string of the molecule is COc1ccc2c(c1)/C(=C\c1sc(=S)n(Nc3ccccc3)c1O)C=N2. The second kappa shape index (κ2) is 6.78. The highest BCUT2D eigenvalue weighted by molar-refractivity contribution is 7.73. The molecule has 2 aromatic carbocycles. The van der Waals surface area contributed by atoms with E-state index in [9.17, 15) is 5.11 Å². The number of allylic oxidation sites excluding steroid dienone is 1. The zero-order valence-electron chi connectivity index (χ0n) is 13.8. The number of fused-ring (bicyclic) bond motifs is 1. The smallest absolute Gasteiger partial charge is 0.230 e.